The first-order valence-electron chi connectivity index (χ1n) is 16.3. The summed E-state index contributed by atoms with van der Waals surface area (Å²) in [6.45, 7) is 5.90. The number of rotatable bonds is 6. The van der Waals surface area contributed by atoms with Crippen LogP contribution in [0.15, 0.2) is 65.6 Å². The maximum absolute atomic E-state index is 14.8. The van der Waals surface area contributed by atoms with E-state index in [1.807, 2.05) is 0 Å². The summed E-state index contributed by atoms with van der Waals surface area (Å²) >= 11 is 0. The zero-order valence-electron chi connectivity index (χ0n) is 29.6. The van der Waals surface area contributed by atoms with Crippen LogP contribution in [0, 0.1) is 6.92 Å². The molecule has 1 aliphatic rings. The number of aromatic nitrogens is 2. The quantitative estimate of drug-likeness (QED) is 0.0908. The number of hydrogen-bond acceptors (Lipinski definition) is 13. The number of para-hydroxylation sites is 1. The van der Waals surface area contributed by atoms with E-state index in [1.54, 1.807) is 48.5 Å². The third-order valence-corrected chi connectivity index (χ3v) is 8.79. The predicted octanol–water partition coefficient (Wildman–Crippen LogP) is 5.49. The van der Waals surface area contributed by atoms with Gasteiger partial charge < -0.3 is 23.7 Å². The minimum atomic E-state index is -0.889. The van der Waals surface area contributed by atoms with Gasteiger partial charge in [-0.25, -0.2) is 0 Å². The van der Waals surface area contributed by atoms with E-state index < -0.39 is 52.3 Å². The standard InChI is InChI=1S/C40H28N2O12/c1-17-27(51-18(2)43)15-26-31(36(17)52-19(3)44)35(48)33-32(34(26)47)39(54-21(5)46)30-25(37(33)50-6)13-12-22-14-23-16-41-42(24-10-8-7-9-11-24)40(49)29(23)38(28(22)30)53-20(4)45/h7-16H,1-6H3. The van der Waals surface area contributed by atoms with Gasteiger partial charge in [0.1, 0.15) is 17.2 Å². The maximum atomic E-state index is 14.8. The molecule has 0 atom stereocenters. The summed E-state index contributed by atoms with van der Waals surface area (Å²) in [6, 6.07) is 14.5. The van der Waals surface area contributed by atoms with Crippen molar-refractivity contribution in [3.8, 4) is 34.4 Å². The largest absolute Gasteiger partial charge is 0.495 e. The van der Waals surface area contributed by atoms with E-state index in [0.717, 1.165) is 38.4 Å². The molecule has 270 valence electrons. The fraction of sp³-hybridized carbons (Fsp3) is 0.150. The van der Waals surface area contributed by atoms with Crippen LogP contribution < -0.4 is 29.2 Å². The van der Waals surface area contributed by atoms with E-state index in [2.05, 4.69) is 5.10 Å². The van der Waals surface area contributed by atoms with E-state index in [9.17, 15) is 33.6 Å². The Labute approximate surface area is 304 Å². The molecule has 6 aromatic rings. The molecule has 0 unspecified atom stereocenters. The van der Waals surface area contributed by atoms with Gasteiger partial charge in [0.15, 0.2) is 17.3 Å². The Morgan fingerprint density at radius 1 is 0.611 bits per heavy atom. The minimum Gasteiger partial charge on any atom is -0.495 e. The van der Waals surface area contributed by atoms with Crippen LogP contribution in [0.1, 0.15) is 65.1 Å². The van der Waals surface area contributed by atoms with Crippen LogP contribution in [0.4, 0.5) is 0 Å². The van der Waals surface area contributed by atoms with Crippen LogP contribution in [0.25, 0.3) is 38.0 Å². The summed E-state index contributed by atoms with van der Waals surface area (Å²) in [7, 11) is 1.26. The molecule has 0 spiro atoms. The second-order valence-corrected chi connectivity index (χ2v) is 12.3. The SMILES string of the molecule is COc1c2c(c(OC(C)=O)c3c1ccc1cc4cnn(-c5ccccc5)c(=O)c4c(OC(C)=O)c13)C(=O)c1cc(OC(C)=O)c(C)c(OC(C)=O)c1C2=O. The molecule has 1 aromatic heterocycles. The zero-order chi connectivity index (χ0) is 38.7. The predicted molar refractivity (Wildman–Crippen MR) is 192 cm³/mol. The number of fused-ring (bicyclic) bond motifs is 6. The van der Waals surface area contributed by atoms with Crippen molar-refractivity contribution in [3.05, 3.63) is 99.0 Å². The van der Waals surface area contributed by atoms with Gasteiger partial charge in [0.25, 0.3) is 5.56 Å². The van der Waals surface area contributed by atoms with Crippen LogP contribution in [0.3, 0.4) is 0 Å². The van der Waals surface area contributed by atoms with Crippen LogP contribution in [-0.4, -0.2) is 52.3 Å². The smallest absolute Gasteiger partial charge is 0.308 e. The van der Waals surface area contributed by atoms with Gasteiger partial charge in [-0.1, -0.05) is 24.3 Å². The number of benzene rings is 5. The number of carbonyl (C=O) groups is 6. The highest BCUT2D eigenvalue weighted by Gasteiger charge is 2.42. The fourth-order valence-corrected chi connectivity index (χ4v) is 6.81. The van der Waals surface area contributed by atoms with Gasteiger partial charge in [-0.15, -0.1) is 0 Å². The van der Waals surface area contributed by atoms with Gasteiger partial charge in [0, 0.05) is 60.4 Å². The highest BCUT2D eigenvalue weighted by atomic mass is 16.6. The highest BCUT2D eigenvalue weighted by Crippen LogP contribution is 2.52. The molecule has 0 radical (unpaired) electrons. The van der Waals surface area contributed by atoms with E-state index in [0.29, 0.717) is 16.5 Å². The average molecular weight is 729 g/mol. The van der Waals surface area contributed by atoms with Gasteiger partial charge in [-0.05, 0) is 42.6 Å². The summed E-state index contributed by atoms with van der Waals surface area (Å²) in [6.07, 6.45) is 1.43. The molecule has 0 aliphatic heterocycles. The maximum Gasteiger partial charge on any atom is 0.308 e. The first kappa shape index (κ1) is 35.2. The van der Waals surface area contributed by atoms with Gasteiger partial charge in [-0.3, -0.25) is 33.6 Å². The monoisotopic (exact) mass is 728 g/mol. The van der Waals surface area contributed by atoms with E-state index in [1.165, 1.54) is 20.2 Å². The molecule has 0 saturated carbocycles. The Morgan fingerprint density at radius 2 is 1.22 bits per heavy atom. The summed E-state index contributed by atoms with van der Waals surface area (Å²) in [5.74, 6) is -6.24. The normalized spacial score (nSPS) is 12.0. The van der Waals surface area contributed by atoms with Crippen LogP contribution in [0.2, 0.25) is 0 Å². The number of ether oxygens (including phenoxy) is 5. The Balaban J connectivity index is 1.68. The first-order valence-corrected chi connectivity index (χ1v) is 16.3. The van der Waals surface area contributed by atoms with Crippen LogP contribution in [-0.2, 0) is 19.2 Å². The number of ketones is 2. The molecule has 1 aliphatic carbocycles. The number of nitrogens with zero attached hydrogens (tertiary/aromatic N) is 2. The molecule has 0 fully saturated rings. The van der Waals surface area contributed by atoms with Crippen molar-refractivity contribution in [2.75, 3.05) is 7.11 Å². The lowest BCUT2D eigenvalue weighted by molar-refractivity contribution is -0.133. The molecule has 14 heteroatoms. The van der Waals surface area contributed by atoms with Crippen molar-refractivity contribution in [2.45, 2.75) is 34.6 Å². The molecular formula is C40H28N2O12. The molecule has 0 bridgehead atoms. The second-order valence-electron chi connectivity index (χ2n) is 12.3. The highest BCUT2D eigenvalue weighted by molar-refractivity contribution is 6.35. The second kappa shape index (κ2) is 13.1. The molecule has 7 rings (SSSR count). The number of carbonyl (C=O) groups excluding carboxylic acids is 6. The van der Waals surface area contributed by atoms with Crippen LogP contribution in [0.5, 0.6) is 28.7 Å². The van der Waals surface area contributed by atoms with Crippen LogP contribution >= 0.6 is 0 Å². The van der Waals surface area contributed by atoms with E-state index in [4.69, 9.17) is 23.7 Å². The van der Waals surface area contributed by atoms with Gasteiger partial charge in [-0.2, -0.15) is 9.78 Å². The lowest BCUT2D eigenvalue weighted by Crippen LogP contribution is -2.26. The number of esters is 4. The van der Waals surface area contributed by atoms with E-state index >= 15 is 0 Å². The number of methoxy groups -OCH3 is 1. The Bertz CT molecular complexity index is 2780. The summed E-state index contributed by atoms with van der Waals surface area (Å²) in [4.78, 5) is 93.7. The third kappa shape index (κ3) is 5.51. The third-order valence-electron chi connectivity index (χ3n) is 8.79. The number of hydrogen-bond donors (Lipinski definition) is 0. The summed E-state index contributed by atoms with van der Waals surface area (Å²) in [5, 5.41) is 5.16. The molecule has 0 N–H and O–H groups in total. The zero-order valence-corrected chi connectivity index (χ0v) is 29.6. The van der Waals surface area contributed by atoms with E-state index in [-0.39, 0.29) is 66.8 Å². The first-order chi connectivity index (χ1) is 25.7. The fourth-order valence-electron chi connectivity index (χ4n) is 6.81. The molecule has 0 saturated heterocycles. The van der Waals surface area contributed by atoms with Crippen molar-refractivity contribution < 1.29 is 52.5 Å². The van der Waals surface area contributed by atoms with Gasteiger partial charge in [0.05, 0.1) is 41.1 Å². The molecule has 5 aromatic carbocycles. The lowest BCUT2D eigenvalue weighted by Gasteiger charge is -2.27. The molecule has 14 nitrogen and oxygen atoms in total. The summed E-state index contributed by atoms with van der Waals surface area (Å²) in [5.41, 5.74) is -1.53. The van der Waals surface area contributed by atoms with Crippen molar-refractivity contribution in [1.29, 1.82) is 0 Å². The summed E-state index contributed by atoms with van der Waals surface area (Å²) < 4.78 is 29.3. The average Bonchev–Trinajstić information content (AvgIpc) is 3.11. The topological polar surface area (TPSA) is 183 Å². The van der Waals surface area contributed by atoms with Crippen molar-refractivity contribution >= 4 is 67.8 Å². The van der Waals surface area contributed by atoms with Gasteiger partial charge in [0.2, 0.25) is 5.78 Å². The van der Waals surface area contributed by atoms with Crippen molar-refractivity contribution in [2.24, 2.45) is 0 Å². The lowest BCUT2D eigenvalue weighted by atomic mass is 9.79. The van der Waals surface area contributed by atoms with Crippen molar-refractivity contribution in [3.63, 3.8) is 0 Å². The van der Waals surface area contributed by atoms with Gasteiger partial charge >= 0.3 is 23.9 Å². The Hall–Kier alpha value is -7.22. The molecule has 0 amide bonds. The molecular weight excluding hydrogens is 700 g/mol. The Kier molecular flexibility index (Phi) is 8.52. The Morgan fingerprint density at radius 3 is 1.85 bits per heavy atom. The molecule has 1 heterocycles. The molecule has 54 heavy (non-hydrogen) atoms. The van der Waals surface area contributed by atoms with Crippen molar-refractivity contribution in [1.82, 2.24) is 9.78 Å². The minimum absolute atomic E-state index is 0.00365.